The maximum absolute atomic E-state index is 5.95. The van der Waals surface area contributed by atoms with Gasteiger partial charge in [0.1, 0.15) is 0 Å². The Balaban J connectivity index is 1.83. The average Bonchev–Trinajstić information content (AvgIpc) is 3.08. The second-order valence-electron chi connectivity index (χ2n) is 4.16. The number of ether oxygens (including phenoxy) is 1. The molecule has 0 spiro atoms. The molecule has 1 aliphatic heterocycles. The predicted octanol–water partition coefficient (Wildman–Crippen LogP) is 0.529. The van der Waals surface area contributed by atoms with E-state index in [2.05, 4.69) is 16.1 Å². The lowest BCUT2D eigenvalue weighted by Gasteiger charge is -2.27. The molecule has 0 radical (unpaired) electrons. The number of hydrogen-bond acceptors (Lipinski definition) is 3. The number of rotatable bonds is 3. The molecule has 1 saturated carbocycles. The number of morpholine rings is 1. The van der Waals surface area contributed by atoms with Crippen LogP contribution in [0.1, 0.15) is 12.8 Å². The zero-order valence-electron chi connectivity index (χ0n) is 9.24. The van der Waals surface area contributed by atoms with Gasteiger partial charge in [-0.15, -0.1) is 0 Å². The Kier molecular flexibility index (Phi) is 3.41. The molecule has 0 unspecified atom stereocenters. The number of nitrogens with two attached hydrogens (primary N) is 1. The van der Waals surface area contributed by atoms with E-state index in [-0.39, 0.29) is 0 Å². The van der Waals surface area contributed by atoms with Gasteiger partial charge in [-0.3, -0.25) is 4.99 Å². The van der Waals surface area contributed by atoms with Crippen molar-refractivity contribution in [2.24, 2.45) is 10.7 Å². The zero-order valence-corrected chi connectivity index (χ0v) is 10.1. The third-order valence-electron chi connectivity index (χ3n) is 3.10. The van der Waals surface area contributed by atoms with E-state index in [1.54, 1.807) is 0 Å². The molecular weight excluding hydrogens is 210 g/mol. The van der Waals surface area contributed by atoms with Crippen molar-refractivity contribution in [3.05, 3.63) is 0 Å². The molecule has 15 heavy (non-hydrogen) atoms. The lowest BCUT2D eigenvalue weighted by Crippen LogP contribution is -2.45. The average molecular weight is 229 g/mol. The van der Waals surface area contributed by atoms with Crippen molar-refractivity contribution in [2.75, 3.05) is 39.1 Å². The van der Waals surface area contributed by atoms with E-state index in [4.69, 9.17) is 10.5 Å². The van der Waals surface area contributed by atoms with Gasteiger partial charge in [0.15, 0.2) is 5.96 Å². The number of hydrogen-bond donors (Lipinski definition) is 1. The topological polar surface area (TPSA) is 50.8 Å². The minimum absolute atomic E-state index is 0.414. The zero-order chi connectivity index (χ0) is 10.7. The van der Waals surface area contributed by atoms with Crippen LogP contribution in [0.15, 0.2) is 4.99 Å². The largest absolute Gasteiger partial charge is 0.378 e. The highest BCUT2D eigenvalue weighted by Gasteiger charge is 2.41. The lowest BCUT2D eigenvalue weighted by atomic mass is 10.4. The van der Waals surface area contributed by atoms with Crippen molar-refractivity contribution in [2.45, 2.75) is 17.6 Å². The van der Waals surface area contributed by atoms with E-state index < -0.39 is 0 Å². The van der Waals surface area contributed by atoms with Gasteiger partial charge in [0.2, 0.25) is 0 Å². The fraction of sp³-hybridized carbons (Fsp3) is 0.900. The molecule has 5 heteroatoms. The fourth-order valence-electron chi connectivity index (χ4n) is 1.68. The molecule has 2 aliphatic rings. The SMILES string of the molecule is CSC1(CN=C(N)N2CCOCC2)CC1. The first-order valence-corrected chi connectivity index (χ1v) is 6.66. The summed E-state index contributed by atoms with van der Waals surface area (Å²) in [5.74, 6) is 0.693. The molecule has 1 saturated heterocycles. The smallest absolute Gasteiger partial charge is 0.191 e. The van der Waals surface area contributed by atoms with E-state index >= 15 is 0 Å². The summed E-state index contributed by atoms with van der Waals surface area (Å²) >= 11 is 1.92. The molecule has 0 aromatic rings. The fourth-order valence-corrected chi connectivity index (χ4v) is 2.39. The van der Waals surface area contributed by atoms with Gasteiger partial charge >= 0.3 is 0 Å². The summed E-state index contributed by atoms with van der Waals surface area (Å²) in [6, 6.07) is 0. The minimum Gasteiger partial charge on any atom is -0.378 e. The number of guanidine groups is 1. The summed E-state index contributed by atoms with van der Waals surface area (Å²) in [6.07, 6.45) is 4.73. The molecule has 1 aliphatic carbocycles. The molecule has 86 valence electrons. The Hall–Kier alpha value is -0.420. The molecule has 0 atom stereocenters. The first-order chi connectivity index (χ1) is 7.26. The van der Waals surface area contributed by atoms with Crippen LogP contribution in [-0.4, -0.2) is 54.7 Å². The number of nitrogens with zero attached hydrogens (tertiary/aromatic N) is 2. The summed E-state index contributed by atoms with van der Waals surface area (Å²) in [7, 11) is 0. The van der Waals surface area contributed by atoms with E-state index in [0.29, 0.717) is 10.7 Å². The maximum Gasteiger partial charge on any atom is 0.191 e. The van der Waals surface area contributed by atoms with Gasteiger partial charge in [-0.2, -0.15) is 11.8 Å². The molecule has 2 fully saturated rings. The standard InChI is InChI=1S/C10H19N3OS/c1-15-10(2-3-10)8-12-9(11)13-4-6-14-7-5-13/h2-8H2,1H3,(H2,11,12). The van der Waals surface area contributed by atoms with E-state index in [1.807, 2.05) is 11.8 Å². The molecule has 1 heterocycles. The molecule has 0 amide bonds. The molecule has 0 aromatic heterocycles. The number of aliphatic imine (C=N–C) groups is 1. The van der Waals surface area contributed by atoms with Gasteiger partial charge in [0, 0.05) is 17.8 Å². The first kappa shape index (κ1) is 11.1. The minimum atomic E-state index is 0.414. The van der Waals surface area contributed by atoms with Gasteiger partial charge in [0.05, 0.1) is 19.8 Å². The van der Waals surface area contributed by atoms with Crippen LogP contribution in [0.2, 0.25) is 0 Å². The first-order valence-electron chi connectivity index (χ1n) is 5.43. The van der Waals surface area contributed by atoms with Crippen molar-refractivity contribution in [3.8, 4) is 0 Å². The van der Waals surface area contributed by atoms with E-state index in [9.17, 15) is 0 Å². The Labute approximate surface area is 95.2 Å². The van der Waals surface area contributed by atoms with Gasteiger partial charge in [0.25, 0.3) is 0 Å². The molecule has 0 aromatic carbocycles. The Morgan fingerprint density at radius 3 is 2.67 bits per heavy atom. The molecule has 2 rings (SSSR count). The van der Waals surface area contributed by atoms with Gasteiger partial charge < -0.3 is 15.4 Å². The van der Waals surface area contributed by atoms with Crippen molar-refractivity contribution in [1.29, 1.82) is 0 Å². The highest BCUT2D eigenvalue weighted by molar-refractivity contribution is 8.00. The molecular formula is C10H19N3OS. The normalized spacial score (nSPS) is 25.4. The van der Waals surface area contributed by atoms with Gasteiger partial charge in [-0.25, -0.2) is 0 Å². The van der Waals surface area contributed by atoms with Crippen LogP contribution in [0, 0.1) is 0 Å². The van der Waals surface area contributed by atoms with Crippen LogP contribution in [0.4, 0.5) is 0 Å². The molecule has 2 N–H and O–H groups in total. The monoisotopic (exact) mass is 229 g/mol. The third kappa shape index (κ3) is 2.78. The van der Waals surface area contributed by atoms with Crippen molar-refractivity contribution in [3.63, 3.8) is 0 Å². The third-order valence-corrected chi connectivity index (χ3v) is 4.51. The lowest BCUT2D eigenvalue weighted by molar-refractivity contribution is 0.0674. The van der Waals surface area contributed by atoms with Gasteiger partial charge in [-0.05, 0) is 19.1 Å². The Morgan fingerprint density at radius 1 is 1.47 bits per heavy atom. The van der Waals surface area contributed by atoms with Crippen LogP contribution in [0.5, 0.6) is 0 Å². The van der Waals surface area contributed by atoms with Crippen molar-refractivity contribution < 1.29 is 4.74 Å². The Morgan fingerprint density at radius 2 is 2.13 bits per heavy atom. The summed E-state index contributed by atoms with van der Waals surface area (Å²) in [6.45, 7) is 4.16. The highest BCUT2D eigenvalue weighted by Crippen LogP contribution is 2.47. The van der Waals surface area contributed by atoms with Crippen LogP contribution in [0.3, 0.4) is 0 Å². The predicted molar refractivity (Wildman–Crippen MR) is 64.4 cm³/mol. The summed E-state index contributed by atoms with van der Waals surface area (Å²) < 4.78 is 5.69. The summed E-state index contributed by atoms with van der Waals surface area (Å²) in [4.78, 5) is 6.61. The van der Waals surface area contributed by atoms with Gasteiger partial charge in [-0.1, -0.05) is 0 Å². The quantitative estimate of drug-likeness (QED) is 0.566. The maximum atomic E-state index is 5.95. The number of thioether (sulfide) groups is 1. The molecule has 0 bridgehead atoms. The van der Waals surface area contributed by atoms with Crippen molar-refractivity contribution >= 4 is 17.7 Å². The highest BCUT2D eigenvalue weighted by atomic mass is 32.2. The Bertz CT molecular complexity index is 247. The van der Waals surface area contributed by atoms with Crippen LogP contribution in [0.25, 0.3) is 0 Å². The van der Waals surface area contributed by atoms with E-state index in [1.165, 1.54) is 12.8 Å². The second-order valence-corrected chi connectivity index (χ2v) is 5.44. The van der Waals surface area contributed by atoms with Crippen LogP contribution >= 0.6 is 11.8 Å². The molecule has 4 nitrogen and oxygen atoms in total. The second kappa shape index (κ2) is 4.61. The van der Waals surface area contributed by atoms with Crippen molar-refractivity contribution in [1.82, 2.24) is 4.90 Å². The summed E-state index contributed by atoms with van der Waals surface area (Å²) in [5, 5.41) is 0. The van der Waals surface area contributed by atoms with E-state index in [0.717, 1.165) is 32.8 Å². The summed E-state index contributed by atoms with van der Waals surface area (Å²) in [5.41, 5.74) is 5.95. The van der Waals surface area contributed by atoms with Crippen LogP contribution < -0.4 is 5.73 Å². The van der Waals surface area contributed by atoms with Crippen LogP contribution in [-0.2, 0) is 4.74 Å².